The van der Waals surface area contributed by atoms with Gasteiger partial charge in [-0.2, -0.15) is 0 Å². The Morgan fingerprint density at radius 2 is 1.90 bits per heavy atom. The van der Waals surface area contributed by atoms with Gasteiger partial charge in [0.2, 0.25) is 5.91 Å². The van der Waals surface area contributed by atoms with Gasteiger partial charge in [-0.1, -0.05) is 19.3 Å². The van der Waals surface area contributed by atoms with E-state index in [-0.39, 0.29) is 29.9 Å². The summed E-state index contributed by atoms with van der Waals surface area (Å²) < 4.78 is 5.54. The molecule has 8 heteroatoms. The fraction of sp³-hybridized carbons (Fsp3) is 0.905. The largest absolute Gasteiger partial charge is 0.379 e. The number of hydrogen-bond donors (Lipinski definition) is 2. The highest BCUT2D eigenvalue weighted by atomic mass is 127. The van der Waals surface area contributed by atoms with E-state index in [0.717, 1.165) is 71.3 Å². The van der Waals surface area contributed by atoms with Crippen LogP contribution in [-0.4, -0.2) is 81.2 Å². The number of morpholine rings is 1. The molecular formula is C21H40IN5O2. The third-order valence-electron chi connectivity index (χ3n) is 6.72. The van der Waals surface area contributed by atoms with E-state index in [0.29, 0.717) is 17.8 Å². The summed E-state index contributed by atoms with van der Waals surface area (Å²) in [5.74, 6) is 1.14. The van der Waals surface area contributed by atoms with Gasteiger partial charge in [0.1, 0.15) is 0 Å². The number of carbonyl (C=O) groups is 1. The highest BCUT2D eigenvalue weighted by molar-refractivity contribution is 14.0. The number of piperidine rings is 1. The van der Waals surface area contributed by atoms with Crippen LogP contribution in [0.25, 0.3) is 0 Å². The zero-order valence-electron chi connectivity index (χ0n) is 18.0. The second-order valence-corrected chi connectivity index (χ2v) is 8.97. The molecule has 3 fully saturated rings. The van der Waals surface area contributed by atoms with Crippen LogP contribution in [0.15, 0.2) is 4.99 Å². The number of nitrogens with zero attached hydrogens (tertiary/aromatic N) is 3. The molecular weight excluding hydrogens is 481 g/mol. The van der Waals surface area contributed by atoms with Crippen LogP contribution in [0.4, 0.5) is 0 Å². The molecule has 3 rings (SSSR count). The Bertz CT molecular complexity index is 533. The van der Waals surface area contributed by atoms with Gasteiger partial charge in [-0.05, 0) is 31.6 Å². The standard InChI is InChI=1S/C21H39N5O2.HI/c1-23-20(26-9-5-6-18(15-26)14-19(22)27)24-16-21(7-3-2-4-8-21)17-25-10-12-28-13-11-25;/h18H,2-17H2,1H3,(H2,22,27)(H,23,24);1H. The van der Waals surface area contributed by atoms with Crippen molar-refractivity contribution in [2.75, 3.05) is 59.5 Å². The Labute approximate surface area is 193 Å². The van der Waals surface area contributed by atoms with Gasteiger partial charge in [-0.25, -0.2) is 0 Å². The molecule has 0 bridgehead atoms. The van der Waals surface area contributed by atoms with Crippen molar-refractivity contribution in [1.82, 2.24) is 15.1 Å². The van der Waals surface area contributed by atoms with Gasteiger partial charge in [-0.15, -0.1) is 24.0 Å². The summed E-state index contributed by atoms with van der Waals surface area (Å²) in [7, 11) is 1.87. The normalized spacial score (nSPS) is 25.9. The van der Waals surface area contributed by atoms with Gasteiger partial charge in [0, 0.05) is 58.2 Å². The summed E-state index contributed by atoms with van der Waals surface area (Å²) in [6, 6.07) is 0. The molecule has 1 aliphatic carbocycles. The average molecular weight is 521 g/mol. The van der Waals surface area contributed by atoms with Crippen molar-refractivity contribution in [3.8, 4) is 0 Å². The lowest BCUT2D eigenvalue weighted by atomic mass is 9.73. The molecule has 29 heavy (non-hydrogen) atoms. The Morgan fingerprint density at radius 3 is 2.55 bits per heavy atom. The van der Waals surface area contributed by atoms with E-state index in [4.69, 9.17) is 10.5 Å². The van der Waals surface area contributed by atoms with E-state index in [1.165, 1.54) is 32.1 Å². The fourth-order valence-corrected chi connectivity index (χ4v) is 5.23. The molecule has 1 atom stereocenters. The van der Waals surface area contributed by atoms with Gasteiger partial charge >= 0.3 is 0 Å². The number of rotatable bonds is 6. The van der Waals surface area contributed by atoms with Crippen molar-refractivity contribution in [2.45, 2.75) is 51.4 Å². The second-order valence-electron chi connectivity index (χ2n) is 8.97. The van der Waals surface area contributed by atoms with Crippen molar-refractivity contribution in [3.05, 3.63) is 0 Å². The minimum atomic E-state index is -0.193. The molecule has 2 saturated heterocycles. The number of hydrogen-bond acceptors (Lipinski definition) is 4. The van der Waals surface area contributed by atoms with Crippen LogP contribution in [0.1, 0.15) is 51.4 Å². The topological polar surface area (TPSA) is 83.2 Å². The first-order valence-electron chi connectivity index (χ1n) is 11.1. The molecule has 1 saturated carbocycles. The number of amides is 1. The van der Waals surface area contributed by atoms with Crippen LogP contribution < -0.4 is 11.1 Å². The van der Waals surface area contributed by atoms with Crippen LogP contribution >= 0.6 is 24.0 Å². The van der Waals surface area contributed by atoms with Crippen molar-refractivity contribution in [3.63, 3.8) is 0 Å². The molecule has 3 aliphatic rings. The molecule has 2 heterocycles. The van der Waals surface area contributed by atoms with Crippen LogP contribution in [0, 0.1) is 11.3 Å². The molecule has 0 spiro atoms. The number of nitrogens with two attached hydrogens (primary N) is 1. The molecule has 2 aliphatic heterocycles. The first-order chi connectivity index (χ1) is 13.6. The van der Waals surface area contributed by atoms with Crippen molar-refractivity contribution < 1.29 is 9.53 Å². The number of ether oxygens (including phenoxy) is 1. The third-order valence-corrected chi connectivity index (χ3v) is 6.72. The maximum atomic E-state index is 11.3. The Hall–Kier alpha value is -0.610. The lowest BCUT2D eigenvalue weighted by molar-refractivity contribution is -0.119. The maximum absolute atomic E-state index is 11.3. The molecule has 168 valence electrons. The number of halogens is 1. The van der Waals surface area contributed by atoms with Crippen molar-refractivity contribution in [1.29, 1.82) is 0 Å². The highest BCUT2D eigenvalue weighted by Crippen LogP contribution is 2.37. The van der Waals surface area contributed by atoms with E-state index in [2.05, 4.69) is 20.1 Å². The summed E-state index contributed by atoms with van der Waals surface area (Å²) in [4.78, 5) is 20.8. The van der Waals surface area contributed by atoms with Gasteiger partial charge in [0.05, 0.1) is 13.2 Å². The zero-order valence-corrected chi connectivity index (χ0v) is 20.4. The summed E-state index contributed by atoms with van der Waals surface area (Å²) in [5.41, 5.74) is 5.75. The van der Waals surface area contributed by atoms with E-state index in [9.17, 15) is 4.79 Å². The summed E-state index contributed by atoms with van der Waals surface area (Å²) in [6.07, 6.45) is 9.26. The number of likely N-dealkylation sites (tertiary alicyclic amines) is 1. The minimum Gasteiger partial charge on any atom is -0.379 e. The van der Waals surface area contributed by atoms with Crippen molar-refractivity contribution >= 4 is 35.8 Å². The number of nitrogens with one attached hydrogen (secondary N) is 1. The first kappa shape index (κ1) is 24.7. The molecule has 0 radical (unpaired) electrons. The summed E-state index contributed by atoms with van der Waals surface area (Å²) >= 11 is 0. The third kappa shape index (κ3) is 7.54. The number of guanidine groups is 1. The van der Waals surface area contributed by atoms with E-state index >= 15 is 0 Å². The maximum Gasteiger partial charge on any atom is 0.217 e. The fourth-order valence-electron chi connectivity index (χ4n) is 5.23. The number of primary amides is 1. The Kier molecular flexibility index (Phi) is 10.5. The molecule has 3 N–H and O–H groups in total. The quantitative estimate of drug-likeness (QED) is 0.318. The van der Waals surface area contributed by atoms with Gasteiger partial charge in [-0.3, -0.25) is 14.7 Å². The van der Waals surface area contributed by atoms with Gasteiger partial charge in [0.25, 0.3) is 0 Å². The molecule has 1 amide bonds. The SMILES string of the molecule is CN=C(NCC1(CN2CCOCC2)CCCCC1)N1CCCC(CC(N)=O)C1.I. The average Bonchev–Trinajstić information content (AvgIpc) is 2.70. The van der Waals surface area contributed by atoms with Crippen LogP contribution in [0.5, 0.6) is 0 Å². The first-order valence-corrected chi connectivity index (χ1v) is 11.1. The molecule has 0 aromatic rings. The van der Waals surface area contributed by atoms with Gasteiger partial charge < -0.3 is 20.7 Å². The molecule has 0 aromatic carbocycles. The van der Waals surface area contributed by atoms with E-state index in [1.54, 1.807) is 0 Å². The summed E-state index contributed by atoms with van der Waals surface area (Å²) in [6.45, 7) is 7.85. The predicted molar refractivity (Wildman–Crippen MR) is 128 cm³/mol. The molecule has 7 nitrogen and oxygen atoms in total. The highest BCUT2D eigenvalue weighted by Gasteiger charge is 2.35. The number of aliphatic imine (C=N–C) groups is 1. The lowest BCUT2D eigenvalue weighted by Gasteiger charge is -2.43. The minimum absolute atomic E-state index is 0. The van der Waals surface area contributed by atoms with Crippen LogP contribution in [0.3, 0.4) is 0 Å². The lowest BCUT2D eigenvalue weighted by Crippen LogP contribution is -2.53. The predicted octanol–water partition coefficient (Wildman–Crippen LogP) is 2.05. The van der Waals surface area contributed by atoms with E-state index < -0.39 is 0 Å². The van der Waals surface area contributed by atoms with Crippen LogP contribution in [0.2, 0.25) is 0 Å². The zero-order chi connectivity index (χ0) is 19.8. The Balaban J connectivity index is 0.00000300. The van der Waals surface area contributed by atoms with Crippen molar-refractivity contribution in [2.24, 2.45) is 22.1 Å². The molecule has 0 aromatic heterocycles. The molecule has 1 unspecified atom stereocenters. The Morgan fingerprint density at radius 1 is 1.17 bits per heavy atom. The van der Waals surface area contributed by atoms with E-state index in [1.807, 2.05) is 7.05 Å². The second kappa shape index (κ2) is 12.3. The summed E-state index contributed by atoms with van der Waals surface area (Å²) in [5, 5.41) is 3.71. The number of carbonyl (C=O) groups excluding carboxylic acids is 1. The van der Waals surface area contributed by atoms with Gasteiger partial charge in [0.15, 0.2) is 5.96 Å². The monoisotopic (exact) mass is 521 g/mol. The van der Waals surface area contributed by atoms with Crippen LogP contribution in [-0.2, 0) is 9.53 Å². The smallest absolute Gasteiger partial charge is 0.217 e.